The van der Waals surface area contributed by atoms with Gasteiger partial charge in [-0.15, -0.1) is 0 Å². The highest BCUT2D eigenvalue weighted by atomic mass is 16.4. The Morgan fingerprint density at radius 3 is 1.83 bits per heavy atom. The molecule has 0 radical (unpaired) electrons. The lowest BCUT2D eigenvalue weighted by Crippen LogP contribution is -2.59. The minimum Gasteiger partial charge on any atom is -0.508 e. The molecule has 5 unspecified atom stereocenters. The molecule has 13 nitrogen and oxygen atoms in total. The van der Waals surface area contributed by atoms with Crippen LogP contribution in [0.1, 0.15) is 39.2 Å². The molecule has 0 saturated carbocycles. The number of aromatic hydroxyl groups is 1. The summed E-state index contributed by atoms with van der Waals surface area (Å²) in [4.78, 5) is 61.1. The van der Waals surface area contributed by atoms with Gasteiger partial charge in [0, 0.05) is 6.42 Å². The molecular formula is C23H35N5O8. The van der Waals surface area contributed by atoms with Gasteiger partial charge in [-0.1, -0.05) is 26.0 Å². The first-order valence-corrected chi connectivity index (χ1v) is 11.3. The summed E-state index contributed by atoms with van der Waals surface area (Å²) in [5.74, 6) is -4.93. The van der Waals surface area contributed by atoms with E-state index in [1.807, 2.05) is 0 Å². The number of phenols is 1. The number of aliphatic hydroxyl groups excluding tert-OH is 1. The number of carbonyl (C=O) groups is 5. The van der Waals surface area contributed by atoms with Crippen molar-refractivity contribution in [1.82, 2.24) is 16.0 Å². The Balaban J connectivity index is 3.15. The zero-order chi connectivity index (χ0) is 27.6. The van der Waals surface area contributed by atoms with Crippen molar-refractivity contribution in [2.24, 2.45) is 17.4 Å². The molecule has 0 aliphatic rings. The van der Waals surface area contributed by atoms with Crippen LogP contribution in [0, 0.1) is 5.92 Å². The quantitative estimate of drug-likeness (QED) is 0.140. The fraction of sp³-hybridized carbons (Fsp3) is 0.522. The van der Waals surface area contributed by atoms with Crippen molar-refractivity contribution in [3.05, 3.63) is 29.8 Å². The van der Waals surface area contributed by atoms with Crippen LogP contribution >= 0.6 is 0 Å². The molecule has 0 fully saturated rings. The van der Waals surface area contributed by atoms with Gasteiger partial charge in [-0.25, -0.2) is 4.79 Å². The fourth-order valence-electron chi connectivity index (χ4n) is 3.21. The lowest BCUT2D eigenvalue weighted by Gasteiger charge is -2.26. The van der Waals surface area contributed by atoms with E-state index >= 15 is 0 Å². The Kier molecular flexibility index (Phi) is 11.8. The van der Waals surface area contributed by atoms with Gasteiger partial charge in [0.2, 0.25) is 23.6 Å². The number of amides is 4. The molecule has 1 aromatic rings. The number of aliphatic hydroxyl groups is 1. The Labute approximate surface area is 208 Å². The standard InChI is InChI=1S/C23H35N5O8/c1-11(2)8-15(20(32)28-17(23(35)36)10-18(24)31)26-21(33)16(27-22(34)19(25)12(3)29)9-13-4-6-14(30)7-5-13/h4-7,11-12,15-17,19,29-30H,8-10,25H2,1-3H3,(H2,24,31)(H,26,33)(H,27,34)(H,28,32)(H,35,36). The predicted octanol–water partition coefficient (Wildman–Crippen LogP) is -1.90. The van der Waals surface area contributed by atoms with Gasteiger partial charge >= 0.3 is 5.97 Å². The largest absolute Gasteiger partial charge is 0.508 e. The first-order valence-electron chi connectivity index (χ1n) is 11.3. The molecule has 0 saturated heterocycles. The van der Waals surface area contributed by atoms with E-state index in [2.05, 4.69) is 16.0 Å². The number of nitrogens with two attached hydrogens (primary N) is 2. The van der Waals surface area contributed by atoms with E-state index in [9.17, 15) is 39.3 Å². The Hall–Kier alpha value is -3.71. The topological polar surface area (TPSA) is 234 Å². The van der Waals surface area contributed by atoms with Crippen LogP contribution in [0.2, 0.25) is 0 Å². The smallest absolute Gasteiger partial charge is 0.326 e. The van der Waals surface area contributed by atoms with Crippen molar-refractivity contribution < 1.29 is 39.3 Å². The van der Waals surface area contributed by atoms with E-state index < -0.39 is 66.3 Å². The molecule has 13 heteroatoms. The number of carboxylic acids is 1. The Bertz CT molecular complexity index is 935. The van der Waals surface area contributed by atoms with E-state index in [0.717, 1.165) is 0 Å². The van der Waals surface area contributed by atoms with Crippen molar-refractivity contribution in [1.29, 1.82) is 0 Å². The second-order valence-electron chi connectivity index (χ2n) is 8.96. The minimum atomic E-state index is -1.59. The zero-order valence-electron chi connectivity index (χ0n) is 20.4. The average Bonchev–Trinajstić information content (AvgIpc) is 2.77. The van der Waals surface area contributed by atoms with Crippen molar-refractivity contribution in [3.63, 3.8) is 0 Å². The molecule has 10 N–H and O–H groups in total. The number of aliphatic carboxylic acids is 1. The van der Waals surface area contributed by atoms with Gasteiger partial charge in [0.25, 0.3) is 0 Å². The second kappa shape index (κ2) is 14.0. The summed E-state index contributed by atoms with van der Waals surface area (Å²) >= 11 is 0. The lowest BCUT2D eigenvalue weighted by atomic mass is 10.00. The second-order valence-corrected chi connectivity index (χ2v) is 8.96. The predicted molar refractivity (Wildman–Crippen MR) is 128 cm³/mol. The molecule has 5 atom stereocenters. The third-order valence-electron chi connectivity index (χ3n) is 5.19. The molecule has 200 valence electrons. The van der Waals surface area contributed by atoms with E-state index in [1.54, 1.807) is 13.8 Å². The number of benzene rings is 1. The van der Waals surface area contributed by atoms with Crippen molar-refractivity contribution in [3.8, 4) is 5.75 Å². The van der Waals surface area contributed by atoms with Gasteiger partial charge in [-0.05, 0) is 37.0 Å². The Morgan fingerprint density at radius 1 is 0.861 bits per heavy atom. The van der Waals surface area contributed by atoms with Crippen LogP contribution < -0.4 is 27.4 Å². The van der Waals surface area contributed by atoms with Crippen molar-refractivity contribution in [2.45, 2.75) is 70.3 Å². The molecule has 0 aliphatic carbocycles. The number of primary amides is 1. The van der Waals surface area contributed by atoms with E-state index in [4.69, 9.17) is 11.5 Å². The number of hydrogen-bond donors (Lipinski definition) is 8. The maximum atomic E-state index is 13.2. The summed E-state index contributed by atoms with van der Waals surface area (Å²) in [6.45, 7) is 4.87. The third-order valence-corrected chi connectivity index (χ3v) is 5.19. The van der Waals surface area contributed by atoms with Gasteiger partial charge in [0.05, 0.1) is 12.5 Å². The van der Waals surface area contributed by atoms with Crippen LogP contribution in [0.25, 0.3) is 0 Å². The molecule has 36 heavy (non-hydrogen) atoms. The average molecular weight is 510 g/mol. The highest BCUT2D eigenvalue weighted by Gasteiger charge is 2.32. The number of phenolic OH excluding ortho intramolecular Hbond substituents is 1. The van der Waals surface area contributed by atoms with Crippen molar-refractivity contribution >= 4 is 29.6 Å². The number of carbonyl (C=O) groups excluding carboxylic acids is 4. The van der Waals surface area contributed by atoms with Crippen molar-refractivity contribution in [2.75, 3.05) is 0 Å². The van der Waals surface area contributed by atoms with Gasteiger partial charge in [-0.2, -0.15) is 0 Å². The maximum Gasteiger partial charge on any atom is 0.326 e. The SMILES string of the molecule is CC(C)CC(NC(=O)C(Cc1ccc(O)cc1)NC(=O)C(N)C(C)O)C(=O)NC(CC(N)=O)C(=O)O. The number of hydrogen-bond acceptors (Lipinski definition) is 8. The first-order chi connectivity index (χ1) is 16.7. The van der Waals surface area contributed by atoms with E-state index in [-0.39, 0.29) is 24.5 Å². The zero-order valence-corrected chi connectivity index (χ0v) is 20.4. The number of rotatable bonds is 14. The van der Waals surface area contributed by atoms with Crippen LogP contribution in [0.3, 0.4) is 0 Å². The van der Waals surface area contributed by atoms with E-state index in [1.165, 1.54) is 31.2 Å². The van der Waals surface area contributed by atoms with Crippen LogP contribution in [-0.2, 0) is 30.4 Å². The molecule has 1 rings (SSSR count). The third kappa shape index (κ3) is 10.3. The fourth-order valence-corrected chi connectivity index (χ4v) is 3.21. The summed E-state index contributed by atoms with van der Waals surface area (Å²) in [7, 11) is 0. The van der Waals surface area contributed by atoms with Gasteiger partial charge < -0.3 is 42.7 Å². The van der Waals surface area contributed by atoms with Crippen LogP contribution in [0.15, 0.2) is 24.3 Å². The first kappa shape index (κ1) is 30.3. The normalized spacial score (nSPS) is 15.2. The van der Waals surface area contributed by atoms with Gasteiger partial charge in [-0.3, -0.25) is 19.2 Å². The summed E-state index contributed by atoms with van der Waals surface area (Å²) in [5.41, 5.74) is 11.3. The molecule has 1 aromatic carbocycles. The van der Waals surface area contributed by atoms with Crippen LogP contribution in [0.4, 0.5) is 0 Å². The number of carboxylic acid groups (broad SMARTS) is 1. The molecule has 0 bridgehead atoms. The van der Waals surface area contributed by atoms with Crippen LogP contribution in [-0.4, -0.2) is 75.2 Å². The summed E-state index contributed by atoms with van der Waals surface area (Å²) < 4.78 is 0. The number of nitrogens with one attached hydrogen (secondary N) is 3. The molecular weight excluding hydrogens is 474 g/mol. The molecule has 0 aliphatic heterocycles. The molecule has 0 heterocycles. The molecule has 0 aromatic heterocycles. The Morgan fingerprint density at radius 2 is 1.36 bits per heavy atom. The van der Waals surface area contributed by atoms with Gasteiger partial charge in [0.15, 0.2) is 0 Å². The van der Waals surface area contributed by atoms with E-state index in [0.29, 0.717) is 5.56 Å². The summed E-state index contributed by atoms with van der Waals surface area (Å²) in [5, 5.41) is 35.6. The summed E-state index contributed by atoms with van der Waals surface area (Å²) in [6.07, 6.45) is -1.76. The minimum absolute atomic E-state index is 0.00229. The highest BCUT2D eigenvalue weighted by Crippen LogP contribution is 2.13. The summed E-state index contributed by atoms with van der Waals surface area (Å²) in [6, 6.07) is 0.539. The molecule has 4 amide bonds. The van der Waals surface area contributed by atoms with Gasteiger partial charge in [0.1, 0.15) is 29.9 Å². The maximum absolute atomic E-state index is 13.2. The molecule has 0 spiro atoms. The highest BCUT2D eigenvalue weighted by molar-refractivity contribution is 5.95. The monoisotopic (exact) mass is 509 g/mol. The van der Waals surface area contributed by atoms with Crippen LogP contribution in [0.5, 0.6) is 5.75 Å². The lowest BCUT2D eigenvalue weighted by molar-refractivity contribution is -0.144.